The first-order valence-corrected chi connectivity index (χ1v) is 13.5. The molecule has 0 amide bonds. The zero-order valence-corrected chi connectivity index (χ0v) is 23.2. The molecule has 0 bridgehead atoms. The van der Waals surface area contributed by atoms with Gasteiger partial charge < -0.3 is 25.2 Å². The minimum atomic E-state index is -0.590. The zero-order valence-electron chi connectivity index (χ0n) is 22.4. The lowest BCUT2D eigenvalue weighted by atomic mass is 10.0. The molecule has 0 aliphatic carbocycles. The molecule has 216 valence electrons. The largest absolute Gasteiger partial charge is 0.870 e. The van der Waals surface area contributed by atoms with Crippen LogP contribution in [-0.2, 0) is 17.6 Å². The number of anilines is 3. The summed E-state index contributed by atoms with van der Waals surface area (Å²) < 4.78 is 40.8. The van der Waals surface area contributed by atoms with E-state index in [0.717, 1.165) is 17.5 Å². The first-order valence-electron chi connectivity index (χ1n) is 12.6. The zero-order chi connectivity index (χ0) is 28.1. The standard InChI is InChI=1S/C27H27F2N7O3S.H2O/c1-16-14-22(34-33-16)30-25-24(38-2)26(36-10-12-39-13-11-36)32-27(31-25)40-21-9-7-17(15-19(21)28)6-8-18-4-3-5-20(35-37)23(18)29;/h3-5,7,9,14-15H,6,8,10-13H2,1-2H3,(H2,30,31,32,33,34);1H2. The topological polar surface area (TPSA) is 149 Å². The molecule has 0 radical (unpaired) electrons. The first-order chi connectivity index (χ1) is 19.4. The van der Waals surface area contributed by atoms with Gasteiger partial charge in [0.15, 0.2) is 22.6 Å². The predicted octanol–water partition coefficient (Wildman–Crippen LogP) is 3.61. The second-order valence-corrected chi connectivity index (χ2v) is 10.1. The van der Waals surface area contributed by atoms with Gasteiger partial charge in [0.05, 0.1) is 25.2 Å². The lowest BCUT2D eigenvalue weighted by Gasteiger charge is -2.29. The van der Waals surface area contributed by atoms with Crippen molar-refractivity contribution < 1.29 is 28.9 Å². The maximum atomic E-state index is 15.2. The lowest BCUT2D eigenvalue weighted by Crippen LogP contribution is -2.56. The molecule has 1 fully saturated rings. The fraction of sp³-hybridized carbons (Fsp3) is 0.296. The van der Waals surface area contributed by atoms with E-state index in [4.69, 9.17) is 14.5 Å². The molecule has 5 rings (SSSR count). The maximum absolute atomic E-state index is 15.2. The van der Waals surface area contributed by atoms with E-state index in [1.807, 2.05) is 17.9 Å². The normalized spacial score (nSPS) is 13.0. The third-order valence-electron chi connectivity index (χ3n) is 6.36. The van der Waals surface area contributed by atoms with Gasteiger partial charge in [-0.2, -0.15) is 9.49 Å². The molecule has 0 atom stereocenters. The summed E-state index contributed by atoms with van der Waals surface area (Å²) in [5.74, 6) is 0.955. The average Bonchev–Trinajstić information content (AvgIpc) is 3.38. The van der Waals surface area contributed by atoms with E-state index in [9.17, 15) is 9.30 Å². The number of ether oxygens (including phenoxy) is 2. The number of hydrogen-bond acceptors (Lipinski definition) is 10. The second kappa shape index (κ2) is 13.5. The fourth-order valence-corrected chi connectivity index (χ4v) is 5.10. The van der Waals surface area contributed by atoms with Gasteiger partial charge in [0.2, 0.25) is 11.6 Å². The molecule has 11 nitrogen and oxygen atoms in total. The van der Waals surface area contributed by atoms with Crippen LogP contribution >= 0.6 is 11.8 Å². The molecule has 4 N–H and O–H groups in total. The van der Waals surface area contributed by atoms with Crippen molar-refractivity contribution in [3.8, 4) is 5.75 Å². The minimum absolute atomic E-state index is 0. The monoisotopic (exact) mass is 585 g/mol. The number of aromatic nitrogens is 4. The molecule has 4 aromatic rings. The fourth-order valence-electron chi connectivity index (χ4n) is 4.34. The summed E-state index contributed by atoms with van der Waals surface area (Å²) >= 11 is 1.09. The van der Waals surface area contributed by atoms with Gasteiger partial charge in [0.25, 0.3) is 5.69 Å². The van der Waals surface area contributed by atoms with Crippen LogP contribution in [0.25, 0.3) is 0 Å². The number of aryl methyl sites for hydroxylation is 3. The van der Waals surface area contributed by atoms with E-state index in [1.165, 1.54) is 12.1 Å². The van der Waals surface area contributed by atoms with Crippen molar-refractivity contribution in [1.29, 1.82) is 0 Å². The molecule has 1 aliphatic rings. The lowest BCUT2D eigenvalue weighted by molar-refractivity contribution is -0.382. The number of benzene rings is 2. The van der Waals surface area contributed by atoms with Crippen LogP contribution in [0.1, 0.15) is 16.8 Å². The van der Waals surface area contributed by atoms with Crippen LogP contribution in [0.3, 0.4) is 0 Å². The van der Waals surface area contributed by atoms with Crippen molar-refractivity contribution in [3.63, 3.8) is 0 Å². The molecule has 1 aliphatic heterocycles. The number of H-pyrrole nitrogens is 1. The third kappa shape index (κ3) is 6.96. The second-order valence-electron chi connectivity index (χ2n) is 9.12. The third-order valence-corrected chi connectivity index (χ3v) is 7.28. The van der Waals surface area contributed by atoms with Crippen LogP contribution in [0.5, 0.6) is 5.75 Å². The highest BCUT2D eigenvalue weighted by atomic mass is 32.2. The number of morpholine rings is 1. The molecular weight excluding hydrogens is 556 g/mol. The highest BCUT2D eigenvalue weighted by molar-refractivity contribution is 7.99. The van der Waals surface area contributed by atoms with Crippen LogP contribution in [0.2, 0.25) is 0 Å². The Morgan fingerprint density at radius 1 is 1.15 bits per heavy atom. The number of halogens is 2. The van der Waals surface area contributed by atoms with E-state index in [1.54, 1.807) is 36.6 Å². The van der Waals surface area contributed by atoms with Gasteiger partial charge in [-0.3, -0.25) is 5.10 Å². The maximum Gasteiger partial charge on any atom is 0.289 e. The highest BCUT2D eigenvalue weighted by Gasteiger charge is 2.24. The Hall–Kier alpha value is -4.14. The Bertz CT molecular complexity index is 1520. The first kappa shape index (κ1) is 29.8. The van der Waals surface area contributed by atoms with Crippen molar-refractivity contribution >= 4 is 34.9 Å². The summed E-state index contributed by atoms with van der Waals surface area (Å²) in [5, 5.41) is 12.2. The van der Waals surface area contributed by atoms with Crippen LogP contribution < -0.4 is 20.1 Å². The number of nitroso groups, excluding NO2 is 1. The SMILES string of the molecule is COc1c(Nc2cc(C)[nH]n2)nc(Sc2ccc(CCc3cccc([NH+]=O)c3F)cc2F)nc1N1CCOCC1.[OH-]. The molecule has 14 heteroatoms. The highest BCUT2D eigenvalue weighted by Crippen LogP contribution is 2.39. The molecule has 0 spiro atoms. The number of nitrogens with zero attached hydrogens (tertiary/aromatic N) is 4. The Morgan fingerprint density at radius 2 is 1.95 bits per heavy atom. The molecule has 2 aromatic carbocycles. The molecule has 0 saturated carbocycles. The summed E-state index contributed by atoms with van der Waals surface area (Å²) in [5.41, 5.74) is 1.85. The van der Waals surface area contributed by atoms with Crippen LogP contribution in [0.4, 0.5) is 31.9 Å². The predicted molar refractivity (Wildman–Crippen MR) is 148 cm³/mol. The average molecular weight is 586 g/mol. The van der Waals surface area contributed by atoms with E-state index in [2.05, 4.69) is 20.5 Å². The van der Waals surface area contributed by atoms with E-state index in [0.29, 0.717) is 83.5 Å². The quantitative estimate of drug-likeness (QED) is 0.236. The van der Waals surface area contributed by atoms with Gasteiger partial charge >= 0.3 is 0 Å². The van der Waals surface area contributed by atoms with Crippen LogP contribution in [0, 0.1) is 23.5 Å². The Morgan fingerprint density at radius 3 is 2.63 bits per heavy atom. The van der Waals surface area contributed by atoms with Crippen LogP contribution in [-0.4, -0.2) is 59.1 Å². The van der Waals surface area contributed by atoms with Gasteiger partial charge in [-0.15, -0.1) is 0 Å². The number of hydrogen-bond donors (Lipinski definition) is 3. The molecular formula is C27H29F2N7O4S. The molecule has 3 heterocycles. The molecule has 2 aromatic heterocycles. The van der Waals surface area contributed by atoms with Gasteiger partial charge in [0.1, 0.15) is 5.82 Å². The summed E-state index contributed by atoms with van der Waals surface area (Å²) in [6.07, 6.45) is 0.720. The summed E-state index contributed by atoms with van der Waals surface area (Å²) in [4.78, 5) is 22.6. The van der Waals surface area contributed by atoms with Crippen molar-refractivity contribution in [3.05, 3.63) is 75.8 Å². The molecule has 41 heavy (non-hydrogen) atoms. The number of nitrogens with one attached hydrogen (secondary N) is 3. The smallest absolute Gasteiger partial charge is 0.289 e. The summed E-state index contributed by atoms with van der Waals surface area (Å²) in [7, 11) is 1.55. The van der Waals surface area contributed by atoms with E-state index in [-0.39, 0.29) is 11.2 Å². The summed E-state index contributed by atoms with van der Waals surface area (Å²) in [6, 6.07) is 11.3. The van der Waals surface area contributed by atoms with Crippen molar-refractivity contribution in [1.82, 2.24) is 20.2 Å². The number of rotatable bonds is 10. The van der Waals surface area contributed by atoms with Crippen molar-refractivity contribution in [2.45, 2.75) is 29.8 Å². The summed E-state index contributed by atoms with van der Waals surface area (Å²) in [6.45, 7) is 4.23. The number of methoxy groups -OCH3 is 1. The van der Waals surface area contributed by atoms with Crippen LogP contribution in [0.15, 0.2) is 52.5 Å². The van der Waals surface area contributed by atoms with Gasteiger partial charge in [0, 0.05) is 41.0 Å². The van der Waals surface area contributed by atoms with Gasteiger partial charge in [-0.25, -0.2) is 14.4 Å². The molecule has 0 unspecified atom stereocenters. The van der Waals surface area contributed by atoms with E-state index >= 15 is 4.39 Å². The molecule has 1 saturated heterocycles. The number of aromatic amines is 1. The Labute approximate surface area is 239 Å². The van der Waals surface area contributed by atoms with Crippen molar-refractivity contribution in [2.24, 2.45) is 0 Å². The van der Waals surface area contributed by atoms with Crippen molar-refractivity contribution in [2.75, 3.05) is 43.6 Å². The Kier molecular flexibility index (Phi) is 9.81. The van der Waals surface area contributed by atoms with E-state index < -0.39 is 11.6 Å². The van der Waals surface area contributed by atoms with Gasteiger partial charge in [-0.1, -0.05) is 18.2 Å². The minimum Gasteiger partial charge on any atom is -0.870 e. The Balaban J connectivity index is 0.00000387. The van der Waals surface area contributed by atoms with Gasteiger partial charge in [-0.05, 0) is 54.8 Å².